The van der Waals surface area contributed by atoms with Crippen molar-refractivity contribution < 1.29 is 8.42 Å². The molecule has 0 atom stereocenters. The van der Waals surface area contributed by atoms with Gasteiger partial charge in [0.2, 0.25) is 0 Å². The summed E-state index contributed by atoms with van der Waals surface area (Å²) >= 11 is 0. The van der Waals surface area contributed by atoms with Crippen molar-refractivity contribution in [3.8, 4) is 6.07 Å². The number of nitrogens with zero attached hydrogens (tertiary/aromatic N) is 1. The molecule has 1 N–H and O–H groups in total. The molecular formula is C16H16N2O2S. The van der Waals surface area contributed by atoms with Gasteiger partial charge in [-0.1, -0.05) is 18.2 Å². The van der Waals surface area contributed by atoms with E-state index in [1.54, 1.807) is 24.3 Å². The molecule has 5 heteroatoms. The molecule has 0 amide bonds. The molecule has 2 aromatic carbocycles. The smallest absolute Gasteiger partial charge is 0.261 e. The quantitative estimate of drug-likeness (QED) is 0.942. The molecule has 0 saturated carbocycles. The highest BCUT2D eigenvalue weighted by Gasteiger charge is 2.14. The van der Waals surface area contributed by atoms with Crippen LogP contribution in [-0.2, 0) is 16.4 Å². The molecule has 2 rings (SSSR count). The number of hydrogen-bond donors (Lipinski definition) is 1. The van der Waals surface area contributed by atoms with Crippen LogP contribution in [0, 0.1) is 25.2 Å². The Morgan fingerprint density at radius 1 is 1.05 bits per heavy atom. The van der Waals surface area contributed by atoms with Gasteiger partial charge in [0.05, 0.1) is 17.4 Å². The predicted molar refractivity (Wildman–Crippen MR) is 82.5 cm³/mol. The predicted octanol–water partition coefficient (Wildman–Crippen LogP) is 3.17. The van der Waals surface area contributed by atoms with E-state index in [1.165, 1.54) is 12.1 Å². The van der Waals surface area contributed by atoms with Gasteiger partial charge in [0.25, 0.3) is 10.0 Å². The van der Waals surface area contributed by atoms with Crippen LogP contribution < -0.4 is 4.72 Å². The Morgan fingerprint density at radius 2 is 1.62 bits per heavy atom. The highest BCUT2D eigenvalue weighted by Crippen LogP contribution is 2.19. The lowest BCUT2D eigenvalue weighted by Crippen LogP contribution is -2.13. The van der Waals surface area contributed by atoms with Crippen LogP contribution in [0.15, 0.2) is 47.4 Å². The van der Waals surface area contributed by atoms with Crippen LogP contribution in [-0.4, -0.2) is 8.42 Å². The van der Waals surface area contributed by atoms with Crippen LogP contribution >= 0.6 is 0 Å². The number of sulfonamides is 1. The van der Waals surface area contributed by atoms with Crippen LogP contribution in [0.25, 0.3) is 0 Å². The van der Waals surface area contributed by atoms with Crippen molar-refractivity contribution in [3.05, 3.63) is 59.2 Å². The monoisotopic (exact) mass is 300 g/mol. The molecule has 0 fully saturated rings. The highest BCUT2D eigenvalue weighted by atomic mass is 32.2. The lowest BCUT2D eigenvalue weighted by molar-refractivity contribution is 0.601. The minimum Gasteiger partial charge on any atom is -0.280 e. The van der Waals surface area contributed by atoms with E-state index in [1.807, 2.05) is 26.0 Å². The molecule has 0 bridgehead atoms. The number of hydrogen-bond acceptors (Lipinski definition) is 3. The first-order chi connectivity index (χ1) is 9.90. The molecular weight excluding hydrogens is 284 g/mol. The maximum absolute atomic E-state index is 12.3. The normalized spacial score (nSPS) is 10.9. The molecule has 0 aliphatic rings. The van der Waals surface area contributed by atoms with Gasteiger partial charge >= 0.3 is 0 Å². The molecule has 0 aliphatic carbocycles. The second-order valence-electron chi connectivity index (χ2n) is 4.96. The van der Waals surface area contributed by atoms with Gasteiger partial charge in [-0.2, -0.15) is 5.26 Å². The van der Waals surface area contributed by atoms with Crippen LogP contribution in [0.1, 0.15) is 16.7 Å². The van der Waals surface area contributed by atoms with Crippen LogP contribution in [0.2, 0.25) is 0 Å². The third-order valence-electron chi connectivity index (χ3n) is 2.99. The molecule has 0 radical (unpaired) electrons. The Balaban J connectivity index is 2.27. The van der Waals surface area contributed by atoms with E-state index < -0.39 is 10.0 Å². The van der Waals surface area contributed by atoms with Gasteiger partial charge in [-0.25, -0.2) is 8.42 Å². The molecule has 2 aromatic rings. The fourth-order valence-electron chi connectivity index (χ4n) is 2.13. The fourth-order valence-corrected chi connectivity index (χ4v) is 3.17. The summed E-state index contributed by atoms with van der Waals surface area (Å²) in [6.45, 7) is 3.84. The lowest BCUT2D eigenvalue weighted by Gasteiger charge is -2.10. The van der Waals surface area contributed by atoms with E-state index in [0.717, 1.165) is 16.7 Å². The maximum Gasteiger partial charge on any atom is 0.261 e. The zero-order valence-corrected chi connectivity index (χ0v) is 12.7. The summed E-state index contributed by atoms with van der Waals surface area (Å²) in [7, 11) is -3.61. The second kappa shape index (κ2) is 5.98. The molecule has 0 unspecified atom stereocenters. The third-order valence-corrected chi connectivity index (χ3v) is 4.39. The van der Waals surface area contributed by atoms with Crippen molar-refractivity contribution in [3.63, 3.8) is 0 Å². The molecule has 4 nitrogen and oxygen atoms in total. The first-order valence-electron chi connectivity index (χ1n) is 6.48. The van der Waals surface area contributed by atoms with Crippen molar-refractivity contribution in [2.45, 2.75) is 25.2 Å². The maximum atomic E-state index is 12.3. The molecule has 0 heterocycles. The molecule has 21 heavy (non-hydrogen) atoms. The summed E-state index contributed by atoms with van der Waals surface area (Å²) < 4.78 is 27.2. The van der Waals surface area contributed by atoms with Gasteiger partial charge in [0.1, 0.15) is 0 Å². The first-order valence-corrected chi connectivity index (χ1v) is 7.96. The zero-order valence-electron chi connectivity index (χ0n) is 11.9. The summed E-state index contributed by atoms with van der Waals surface area (Å²) in [6, 6.07) is 13.9. The van der Waals surface area contributed by atoms with Gasteiger partial charge in [0, 0.05) is 5.69 Å². The van der Waals surface area contributed by atoms with E-state index >= 15 is 0 Å². The average Bonchev–Trinajstić information content (AvgIpc) is 2.38. The molecule has 0 aromatic heterocycles. The Morgan fingerprint density at radius 3 is 2.14 bits per heavy atom. The number of nitrogens with one attached hydrogen (secondary N) is 1. The van der Waals surface area contributed by atoms with Gasteiger partial charge in [-0.05, 0) is 54.8 Å². The van der Waals surface area contributed by atoms with Gasteiger partial charge in [0.15, 0.2) is 0 Å². The summed E-state index contributed by atoms with van der Waals surface area (Å²) in [5, 5.41) is 8.62. The van der Waals surface area contributed by atoms with Crippen molar-refractivity contribution >= 4 is 15.7 Å². The van der Waals surface area contributed by atoms with E-state index in [9.17, 15) is 8.42 Å². The van der Waals surface area contributed by atoms with Crippen molar-refractivity contribution in [1.82, 2.24) is 0 Å². The van der Waals surface area contributed by atoms with E-state index in [-0.39, 0.29) is 11.3 Å². The van der Waals surface area contributed by atoms with E-state index in [0.29, 0.717) is 5.69 Å². The largest absolute Gasteiger partial charge is 0.280 e. The first kappa shape index (κ1) is 15.1. The fraction of sp³-hybridized carbons (Fsp3) is 0.188. The van der Waals surface area contributed by atoms with E-state index in [4.69, 9.17) is 5.26 Å². The summed E-state index contributed by atoms with van der Waals surface area (Å²) in [4.78, 5) is 0.184. The zero-order chi connectivity index (χ0) is 15.5. The van der Waals surface area contributed by atoms with Gasteiger partial charge < -0.3 is 0 Å². The van der Waals surface area contributed by atoms with Crippen LogP contribution in [0.5, 0.6) is 0 Å². The Bertz CT molecular complexity index is 768. The summed E-state index contributed by atoms with van der Waals surface area (Å²) in [5.41, 5.74) is 3.34. The summed E-state index contributed by atoms with van der Waals surface area (Å²) in [5.74, 6) is 0. The number of anilines is 1. The molecule has 0 aliphatic heterocycles. The highest BCUT2D eigenvalue weighted by molar-refractivity contribution is 7.92. The van der Waals surface area contributed by atoms with Crippen LogP contribution in [0.3, 0.4) is 0 Å². The van der Waals surface area contributed by atoms with E-state index in [2.05, 4.69) is 4.72 Å². The SMILES string of the molecule is Cc1cc(C)cc(NS(=O)(=O)c2ccc(CC#N)cc2)c1. The molecule has 0 spiro atoms. The third kappa shape index (κ3) is 3.83. The average molecular weight is 300 g/mol. The Labute approximate surface area is 125 Å². The van der Waals surface area contributed by atoms with Crippen molar-refractivity contribution in [1.29, 1.82) is 5.26 Å². The topological polar surface area (TPSA) is 70.0 Å². The number of aryl methyl sites for hydroxylation is 2. The number of benzene rings is 2. The summed E-state index contributed by atoms with van der Waals surface area (Å²) in [6.07, 6.45) is 0.269. The van der Waals surface area contributed by atoms with Crippen LogP contribution in [0.4, 0.5) is 5.69 Å². The van der Waals surface area contributed by atoms with Crippen molar-refractivity contribution in [2.75, 3.05) is 4.72 Å². The Kier molecular flexibility index (Phi) is 4.29. The molecule has 0 saturated heterocycles. The van der Waals surface area contributed by atoms with Gasteiger partial charge in [-0.15, -0.1) is 0 Å². The standard InChI is InChI=1S/C16H16N2O2S/c1-12-9-13(2)11-15(10-12)18-21(19,20)16-5-3-14(4-6-16)7-8-17/h3-6,9-11,18H,7H2,1-2H3. The number of nitriles is 1. The van der Waals surface area contributed by atoms with Gasteiger partial charge in [-0.3, -0.25) is 4.72 Å². The van der Waals surface area contributed by atoms with Crippen molar-refractivity contribution in [2.24, 2.45) is 0 Å². The minimum absolute atomic E-state index is 0.184. The lowest BCUT2D eigenvalue weighted by atomic mass is 10.1. The number of rotatable bonds is 4. The second-order valence-corrected chi connectivity index (χ2v) is 6.64. The molecule has 108 valence electrons. The minimum atomic E-state index is -3.61. The Hall–Kier alpha value is -2.32.